The van der Waals surface area contributed by atoms with Gasteiger partial charge in [-0.25, -0.2) is 9.97 Å². The zero-order valence-corrected chi connectivity index (χ0v) is 11.7. The topological polar surface area (TPSA) is 85.8 Å². The van der Waals surface area contributed by atoms with Crippen molar-refractivity contribution in [2.24, 2.45) is 0 Å². The second-order valence-corrected chi connectivity index (χ2v) is 5.10. The van der Waals surface area contributed by atoms with E-state index >= 15 is 0 Å². The van der Waals surface area contributed by atoms with Crippen LogP contribution in [-0.2, 0) is 0 Å². The second kappa shape index (κ2) is 5.44. The average Bonchev–Trinajstić information content (AvgIpc) is 2.65. The van der Waals surface area contributed by atoms with Crippen molar-refractivity contribution >= 4 is 11.9 Å². The summed E-state index contributed by atoms with van der Waals surface area (Å²) in [6.45, 7) is 3.90. The molecular formula is C13H19N7. The molecule has 0 bridgehead atoms. The van der Waals surface area contributed by atoms with E-state index in [9.17, 15) is 0 Å². The number of nitrogens with two attached hydrogens (primary N) is 1. The van der Waals surface area contributed by atoms with E-state index in [-0.39, 0.29) is 0 Å². The molecule has 3 rings (SSSR count). The minimum Gasteiger partial charge on any atom is -0.368 e. The van der Waals surface area contributed by atoms with Crippen molar-refractivity contribution in [3.63, 3.8) is 0 Å². The Morgan fingerprint density at radius 3 is 2.55 bits per heavy atom. The lowest BCUT2D eigenvalue weighted by atomic mass is 10.2. The van der Waals surface area contributed by atoms with Crippen molar-refractivity contribution in [1.29, 1.82) is 0 Å². The Bertz CT molecular complexity index is 584. The monoisotopic (exact) mass is 273 g/mol. The Morgan fingerprint density at radius 1 is 1.10 bits per heavy atom. The molecule has 3 heterocycles. The van der Waals surface area contributed by atoms with Crippen molar-refractivity contribution in [3.8, 4) is 5.82 Å². The molecule has 0 saturated carbocycles. The number of hydrogen-bond acceptors (Lipinski definition) is 6. The molecule has 7 nitrogen and oxygen atoms in total. The quantitative estimate of drug-likeness (QED) is 0.888. The molecule has 0 aliphatic carbocycles. The molecule has 0 aromatic carbocycles. The van der Waals surface area contributed by atoms with Crippen LogP contribution in [0.5, 0.6) is 0 Å². The van der Waals surface area contributed by atoms with E-state index < -0.39 is 0 Å². The summed E-state index contributed by atoms with van der Waals surface area (Å²) in [4.78, 5) is 14.9. The van der Waals surface area contributed by atoms with E-state index in [2.05, 4.69) is 25.0 Å². The van der Waals surface area contributed by atoms with Gasteiger partial charge in [-0.1, -0.05) is 12.8 Å². The van der Waals surface area contributed by atoms with Gasteiger partial charge in [0.15, 0.2) is 5.82 Å². The largest absolute Gasteiger partial charge is 0.368 e. The number of nitrogens with zero attached hydrogens (tertiary/aromatic N) is 6. The van der Waals surface area contributed by atoms with E-state index in [1.807, 2.05) is 13.0 Å². The van der Waals surface area contributed by atoms with Crippen LogP contribution >= 0.6 is 0 Å². The van der Waals surface area contributed by atoms with Crippen LogP contribution < -0.4 is 10.6 Å². The highest BCUT2D eigenvalue weighted by Gasteiger charge is 2.17. The normalized spacial score (nSPS) is 16.1. The summed E-state index contributed by atoms with van der Waals surface area (Å²) in [5, 5.41) is 4.50. The number of nitrogen functional groups attached to an aromatic ring is 1. The minimum atomic E-state index is 0.363. The van der Waals surface area contributed by atoms with Crippen LogP contribution in [0.4, 0.5) is 11.9 Å². The van der Waals surface area contributed by atoms with Crippen molar-refractivity contribution < 1.29 is 0 Å². The summed E-state index contributed by atoms with van der Waals surface area (Å²) in [5.41, 5.74) is 6.85. The van der Waals surface area contributed by atoms with Gasteiger partial charge in [0, 0.05) is 24.8 Å². The Hall–Kier alpha value is -2.18. The Morgan fingerprint density at radius 2 is 1.85 bits per heavy atom. The van der Waals surface area contributed by atoms with Crippen molar-refractivity contribution in [3.05, 3.63) is 18.1 Å². The van der Waals surface area contributed by atoms with E-state index in [0.29, 0.717) is 17.7 Å². The van der Waals surface area contributed by atoms with Gasteiger partial charge in [0.25, 0.3) is 0 Å². The van der Waals surface area contributed by atoms with Gasteiger partial charge >= 0.3 is 0 Å². The maximum Gasteiger partial charge on any atom is 0.247 e. The Labute approximate surface area is 117 Å². The van der Waals surface area contributed by atoms with Gasteiger partial charge in [-0.15, -0.1) is 5.10 Å². The van der Waals surface area contributed by atoms with Crippen LogP contribution in [0.2, 0.25) is 0 Å². The maximum atomic E-state index is 5.97. The molecule has 1 aliphatic rings. The van der Waals surface area contributed by atoms with Crippen LogP contribution in [0, 0.1) is 6.92 Å². The zero-order chi connectivity index (χ0) is 13.9. The van der Waals surface area contributed by atoms with E-state index in [1.165, 1.54) is 32.0 Å². The number of rotatable bonds is 2. The smallest absolute Gasteiger partial charge is 0.247 e. The molecule has 0 unspecified atom stereocenters. The van der Waals surface area contributed by atoms with Crippen molar-refractivity contribution in [1.82, 2.24) is 24.7 Å². The lowest BCUT2D eigenvalue weighted by molar-refractivity contribution is 0.726. The highest BCUT2D eigenvalue weighted by molar-refractivity contribution is 5.40. The van der Waals surface area contributed by atoms with Gasteiger partial charge in [0.2, 0.25) is 11.9 Å². The SMILES string of the molecule is Cc1cc(-n2nc(N3CCCCCC3)nc2N)ncn1. The molecule has 0 spiro atoms. The molecule has 0 radical (unpaired) electrons. The fourth-order valence-electron chi connectivity index (χ4n) is 2.44. The zero-order valence-electron chi connectivity index (χ0n) is 11.7. The Balaban J connectivity index is 1.90. The highest BCUT2D eigenvalue weighted by Crippen LogP contribution is 2.18. The van der Waals surface area contributed by atoms with Gasteiger partial charge in [-0.2, -0.15) is 9.67 Å². The van der Waals surface area contributed by atoms with E-state index in [1.54, 1.807) is 4.68 Å². The summed E-state index contributed by atoms with van der Waals surface area (Å²) in [5.74, 6) is 1.71. The molecule has 2 N–H and O–H groups in total. The second-order valence-electron chi connectivity index (χ2n) is 5.10. The standard InChI is InChI=1S/C13H19N7/c1-10-8-11(16-9-15-10)20-12(14)17-13(18-20)19-6-4-2-3-5-7-19/h8-9H,2-7H2,1H3,(H2,14,17,18). The summed E-state index contributed by atoms with van der Waals surface area (Å²) >= 11 is 0. The number of anilines is 2. The first-order chi connectivity index (χ1) is 9.74. The molecule has 0 amide bonds. The lowest BCUT2D eigenvalue weighted by Gasteiger charge is -2.17. The number of aryl methyl sites for hydroxylation is 1. The number of aromatic nitrogens is 5. The summed E-state index contributed by atoms with van der Waals surface area (Å²) < 4.78 is 1.58. The first kappa shape index (κ1) is 12.8. The molecule has 2 aromatic heterocycles. The first-order valence-electron chi connectivity index (χ1n) is 7.00. The van der Waals surface area contributed by atoms with Gasteiger partial charge in [0.05, 0.1) is 0 Å². The minimum absolute atomic E-state index is 0.363. The third kappa shape index (κ3) is 2.56. The lowest BCUT2D eigenvalue weighted by Crippen LogP contribution is -2.25. The first-order valence-corrected chi connectivity index (χ1v) is 7.00. The molecule has 1 saturated heterocycles. The van der Waals surface area contributed by atoms with Crippen LogP contribution in [0.15, 0.2) is 12.4 Å². The van der Waals surface area contributed by atoms with Crippen LogP contribution in [0.3, 0.4) is 0 Å². The molecule has 7 heteroatoms. The van der Waals surface area contributed by atoms with Gasteiger partial charge in [0.1, 0.15) is 6.33 Å². The van der Waals surface area contributed by atoms with Crippen LogP contribution in [0.1, 0.15) is 31.4 Å². The third-order valence-corrected chi connectivity index (χ3v) is 3.52. The third-order valence-electron chi connectivity index (χ3n) is 3.52. The predicted molar refractivity (Wildman–Crippen MR) is 76.8 cm³/mol. The molecule has 106 valence electrons. The van der Waals surface area contributed by atoms with E-state index in [0.717, 1.165) is 18.8 Å². The van der Waals surface area contributed by atoms with Gasteiger partial charge in [-0.3, -0.25) is 0 Å². The van der Waals surface area contributed by atoms with Crippen molar-refractivity contribution in [2.45, 2.75) is 32.6 Å². The average molecular weight is 273 g/mol. The van der Waals surface area contributed by atoms with Gasteiger partial charge < -0.3 is 10.6 Å². The van der Waals surface area contributed by atoms with Crippen LogP contribution in [-0.4, -0.2) is 37.8 Å². The number of hydrogen-bond donors (Lipinski definition) is 1. The highest BCUT2D eigenvalue weighted by atomic mass is 15.5. The predicted octanol–water partition coefficient (Wildman–Crippen LogP) is 1.33. The fourth-order valence-corrected chi connectivity index (χ4v) is 2.44. The summed E-state index contributed by atoms with van der Waals surface area (Å²) in [6, 6.07) is 1.84. The molecule has 1 fully saturated rings. The molecule has 0 atom stereocenters. The maximum absolute atomic E-state index is 5.97. The van der Waals surface area contributed by atoms with Crippen LogP contribution in [0.25, 0.3) is 5.82 Å². The summed E-state index contributed by atoms with van der Waals surface area (Å²) in [6.07, 6.45) is 6.43. The van der Waals surface area contributed by atoms with Crippen molar-refractivity contribution in [2.75, 3.05) is 23.7 Å². The fraction of sp³-hybridized carbons (Fsp3) is 0.538. The van der Waals surface area contributed by atoms with Gasteiger partial charge in [-0.05, 0) is 19.8 Å². The molecule has 2 aromatic rings. The van der Waals surface area contributed by atoms with E-state index in [4.69, 9.17) is 5.73 Å². The Kier molecular flexibility index (Phi) is 3.49. The molecule has 20 heavy (non-hydrogen) atoms. The molecular weight excluding hydrogens is 254 g/mol. The summed E-state index contributed by atoms with van der Waals surface area (Å²) in [7, 11) is 0. The molecule has 1 aliphatic heterocycles.